The van der Waals surface area contributed by atoms with Crippen LogP contribution in [0.15, 0.2) is 57.7 Å². The predicted molar refractivity (Wildman–Crippen MR) is 131 cm³/mol. The highest BCUT2D eigenvalue weighted by Crippen LogP contribution is 2.36. The average molecular weight is 495 g/mol. The number of aromatic nitrogens is 1. The second-order valence-electron chi connectivity index (χ2n) is 8.71. The zero-order chi connectivity index (χ0) is 25.5. The number of ether oxygens (including phenoxy) is 1. The molecule has 2 heterocycles. The number of para-hydroxylation sites is 2. The Morgan fingerprint density at radius 1 is 1.14 bits per heavy atom. The standard InChI is InChI=1S/C26H30N4O6/c1-17-16-22(29-36-17)28-23(31)13-14-24(32)30(19-10-5-6-11-20(19)34-2)25(21-12-7-15-35-21)26(33)27-18-8-3-4-9-18/h5-7,10-12,15-16,18,25H,3-4,8-9,13-14H2,1-2H3,(H,27,33)(H,28,29,31)/t25-/m0/s1. The van der Waals surface area contributed by atoms with E-state index in [4.69, 9.17) is 13.7 Å². The first-order valence-electron chi connectivity index (χ1n) is 12.0. The van der Waals surface area contributed by atoms with Crippen LogP contribution in [-0.2, 0) is 14.4 Å². The molecule has 2 N–H and O–H groups in total. The molecule has 1 aliphatic rings. The van der Waals surface area contributed by atoms with E-state index in [1.165, 1.54) is 18.3 Å². The van der Waals surface area contributed by atoms with Crippen molar-refractivity contribution in [3.05, 3.63) is 60.2 Å². The summed E-state index contributed by atoms with van der Waals surface area (Å²) in [7, 11) is 1.50. The molecule has 0 unspecified atom stereocenters. The molecule has 10 nitrogen and oxygen atoms in total. The minimum atomic E-state index is -1.08. The Labute approximate surface area is 209 Å². The molecule has 1 atom stereocenters. The number of carbonyl (C=O) groups excluding carboxylic acids is 3. The zero-order valence-electron chi connectivity index (χ0n) is 20.4. The summed E-state index contributed by atoms with van der Waals surface area (Å²) in [5, 5.41) is 9.43. The maximum absolute atomic E-state index is 13.7. The largest absolute Gasteiger partial charge is 0.495 e. The SMILES string of the molecule is COc1ccccc1N(C(=O)CCC(=O)Nc1cc(C)on1)[C@H](C(=O)NC1CCCC1)c1ccco1. The van der Waals surface area contributed by atoms with Crippen LogP contribution in [-0.4, -0.2) is 36.0 Å². The van der Waals surface area contributed by atoms with Crippen molar-refractivity contribution in [1.82, 2.24) is 10.5 Å². The summed E-state index contributed by atoms with van der Waals surface area (Å²) in [6.07, 6.45) is 5.06. The third-order valence-electron chi connectivity index (χ3n) is 6.10. The molecule has 3 amide bonds. The number of hydrogen-bond donors (Lipinski definition) is 2. The van der Waals surface area contributed by atoms with Crippen LogP contribution in [0.1, 0.15) is 56.1 Å². The molecule has 36 heavy (non-hydrogen) atoms. The molecule has 1 aliphatic carbocycles. The summed E-state index contributed by atoms with van der Waals surface area (Å²) in [5.41, 5.74) is 0.403. The van der Waals surface area contributed by atoms with E-state index < -0.39 is 17.9 Å². The molecule has 1 saturated carbocycles. The number of benzene rings is 1. The highest BCUT2D eigenvalue weighted by atomic mass is 16.5. The van der Waals surface area contributed by atoms with Crippen LogP contribution in [0.3, 0.4) is 0 Å². The van der Waals surface area contributed by atoms with Crippen molar-refractivity contribution in [1.29, 1.82) is 0 Å². The van der Waals surface area contributed by atoms with E-state index in [0.717, 1.165) is 25.7 Å². The number of methoxy groups -OCH3 is 1. The monoisotopic (exact) mass is 494 g/mol. The quantitative estimate of drug-likeness (QED) is 0.434. The summed E-state index contributed by atoms with van der Waals surface area (Å²) in [6.45, 7) is 1.71. The molecule has 0 spiro atoms. The van der Waals surface area contributed by atoms with Gasteiger partial charge < -0.3 is 24.3 Å². The Kier molecular flexibility index (Phi) is 8.04. The van der Waals surface area contributed by atoms with Gasteiger partial charge in [0.25, 0.3) is 5.91 Å². The fourth-order valence-corrected chi connectivity index (χ4v) is 4.39. The van der Waals surface area contributed by atoms with E-state index >= 15 is 0 Å². The van der Waals surface area contributed by atoms with Crippen molar-refractivity contribution in [2.75, 3.05) is 17.3 Å². The first-order valence-corrected chi connectivity index (χ1v) is 12.0. The smallest absolute Gasteiger partial charge is 0.251 e. The molecule has 4 rings (SSSR count). The lowest BCUT2D eigenvalue weighted by atomic mass is 10.1. The molecule has 190 valence electrons. The van der Waals surface area contributed by atoms with Crippen molar-refractivity contribution in [3.8, 4) is 5.75 Å². The molecule has 0 saturated heterocycles. The lowest BCUT2D eigenvalue weighted by Gasteiger charge is -2.31. The second kappa shape index (κ2) is 11.6. The van der Waals surface area contributed by atoms with Crippen LogP contribution in [0.25, 0.3) is 0 Å². The minimum Gasteiger partial charge on any atom is -0.495 e. The van der Waals surface area contributed by atoms with Crippen LogP contribution in [0.4, 0.5) is 11.5 Å². The molecule has 2 aromatic heterocycles. The molecule has 0 aliphatic heterocycles. The molecule has 0 bridgehead atoms. The van der Waals surface area contributed by atoms with Crippen molar-refractivity contribution in [2.45, 2.75) is 57.5 Å². The van der Waals surface area contributed by atoms with Gasteiger partial charge in [0.1, 0.15) is 17.3 Å². The van der Waals surface area contributed by atoms with E-state index in [1.54, 1.807) is 49.4 Å². The third-order valence-corrected chi connectivity index (χ3v) is 6.10. The normalized spacial score (nSPS) is 14.3. The molecule has 1 aromatic carbocycles. The zero-order valence-corrected chi connectivity index (χ0v) is 20.4. The maximum atomic E-state index is 13.7. The highest BCUT2D eigenvalue weighted by Gasteiger charge is 2.37. The summed E-state index contributed by atoms with van der Waals surface area (Å²) >= 11 is 0. The van der Waals surface area contributed by atoms with Crippen LogP contribution in [0, 0.1) is 6.92 Å². The molecule has 0 radical (unpaired) electrons. The van der Waals surface area contributed by atoms with Gasteiger partial charge in [0, 0.05) is 24.9 Å². The maximum Gasteiger partial charge on any atom is 0.251 e. The van der Waals surface area contributed by atoms with Gasteiger partial charge in [0.2, 0.25) is 11.8 Å². The Bertz CT molecular complexity index is 1180. The first-order chi connectivity index (χ1) is 17.5. The molecular formula is C26H30N4O6. The van der Waals surface area contributed by atoms with Crippen LogP contribution in [0.2, 0.25) is 0 Å². The van der Waals surface area contributed by atoms with Gasteiger partial charge in [-0.25, -0.2) is 0 Å². The second-order valence-corrected chi connectivity index (χ2v) is 8.71. The lowest BCUT2D eigenvalue weighted by Crippen LogP contribution is -2.46. The lowest BCUT2D eigenvalue weighted by molar-refractivity contribution is -0.128. The van der Waals surface area contributed by atoms with Gasteiger partial charge in [0.05, 0.1) is 19.1 Å². The van der Waals surface area contributed by atoms with Crippen molar-refractivity contribution in [2.24, 2.45) is 0 Å². The molecule has 3 aromatic rings. The number of anilines is 2. The first kappa shape index (κ1) is 25.0. The Morgan fingerprint density at radius 2 is 1.92 bits per heavy atom. The van der Waals surface area contributed by atoms with E-state index in [1.807, 2.05) is 0 Å². The number of hydrogen-bond acceptors (Lipinski definition) is 7. The third kappa shape index (κ3) is 5.94. The van der Waals surface area contributed by atoms with Gasteiger partial charge in [-0.2, -0.15) is 0 Å². The topological polar surface area (TPSA) is 127 Å². The van der Waals surface area contributed by atoms with Gasteiger partial charge in [-0.15, -0.1) is 0 Å². The fourth-order valence-electron chi connectivity index (χ4n) is 4.39. The van der Waals surface area contributed by atoms with E-state index in [9.17, 15) is 14.4 Å². The van der Waals surface area contributed by atoms with Crippen LogP contribution >= 0.6 is 0 Å². The van der Waals surface area contributed by atoms with Crippen molar-refractivity contribution in [3.63, 3.8) is 0 Å². The number of carbonyl (C=O) groups is 3. The number of amides is 3. The number of rotatable bonds is 10. The van der Waals surface area contributed by atoms with E-state index in [-0.39, 0.29) is 30.6 Å². The van der Waals surface area contributed by atoms with Crippen molar-refractivity contribution < 1.29 is 28.1 Å². The number of furan rings is 1. The molecular weight excluding hydrogens is 464 g/mol. The van der Waals surface area contributed by atoms with E-state index in [2.05, 4.69) is 15.8 Å². The van der Waals surface area contributed by atoms with Gasteiger partial charge >= 0.3 is 0 Å². The molecule has 10 heteroatoms. The van der Waals surface area contributed by atoms with Crippen LogP contribution < -0.4 is 20.3 Å². The number of nitrogens with zero attached hydrogens (tertiary/aromatic N) is 2. The van der Waals surface area contributed by atoms with Crippen LogP contribution in [0.5, 0.6) is 5.75 Å². The van der Waals surface area contributed by atoms with Gasteiger partial charge in [-0.1, -0.05) is 30.1 Å². The fraction of sp³-hybridized carbons (Fsp3) is 0.385. The molecule has 1 fully saturated rings. The number of nitrogens with one attached hydrogen (secondary N) is 2. The Morgan fingerprint density at radius 3 is 2.58 bits per heavy atom. The predicted octanol–water partition coefficient (Wildman–Crippen LogP) is 4.14. The highest BCUT2D eigenvalue weighted by molar-refractivity contribution is 6.03. The van der Waals surface area contributed by atoms with E-state index in [0.29, 0.717) is 23.0 Å². The Balaban J connectivity index is 1.61. The Hall–Kier alpha value is -4.08. The number of aryl methyl sites for hydroxylation is 1. The van der Waals surface area contributed by atoms with Crippen molar-refractivity contribution >= 4 is 29.2 Å². The summed E-state index contributed by atoms with van der Waals surface area (Å²) in [5.74, 6) is 0.370. The summed E-state index contributed by atoms with van der Waals surface area (Å²) < 4.78 is 16.1. The van der Waals surface area contributed by atoms with Gasteiger partial charge in [-0.05, 0) is 44.0 Å². The van der Waals surface area contributed by atoms with Gasteiger partial charge in [-0.3, -0.25) is 19.3 Å². The summed E-state index contributed by atoms with van der Waals surface area (Å²) in [4.78, 5) is 41.1. The van der Waals surface area contributed by atoms with Gasteiger partial charge in [0.15, 0.2) is 11.9 Å². The summed E-state index contributed by atoms with van der Waals surface area (Å²) in [6, 6.07) is 10.8. The average Bonchev–Trinajstić information content (AvgIpc) is 3.65. The minimum absolute atomic E-state index is 0.0428.